The van der Waals surface area contributed by atoms with Gasteiger partial charge < -0.3 is 20.5 Å². The minimum absolute atomic E-state index is 0.495. The van der Waals surface area contributed by atoms with Crippen molar-refractivity contribution in [3.8, 4) is 5.75 Å². The fourth-order valence-corrected chi connectivity index (χ4v) is 2.48. The molecule has 1 aliphatic heterocycles. The number of carboxylic acids is 1. The van der Waals surface area contributed by atoms with Crippen LogP contribution < -0.4 is 15.4 Å². The van der Waals surface area contributed by atoms with Crippen LogP contribution in [0.2, 0.25) is 0 Å². The largest absolute Gasteiger partial charge is 0.497 e. The van der Waals surface area contributed by atoms with E-state index in [-0.39, 0.29) is 0 Å². The van der Waals surface area contributed by atoms with Gasteiger partial charge in [-0.2, -0.15) is 0 Å². The molecule has 1 atom stereocenters. The number of methoxy groups -OCH3 is 1. The van der Waals surface area contributed by atoms with Crippen LogP contribution in [0.4, 0.5) is 5.69 Å². The van der Waals surface area contributed by atoms with Gasteiger partial charge in [-0.1, -0.05) is 6.07 Å². The second-order valence-corrected chi connectivity index (χ2v) is 5.26. The summed E-state index contributed by atoms with van der Waals surface area (Å²) >= 11 is 0. The maximum absolute atomic E-state index is 10.7. The number of anilines is 1. The smallest absolute Gasteiger partial charge is 0.320 e. The van der Waals surface area contributed by atoms with E-state index in [1.54, 1.807) is 7.11 Å². The lowest BCUT2D eigenvalue weighted by Crippen LogP contribution is -2.47. The highest BCUT2D eigenvalue weighted by Gasteiger charge is 2.19. The molecule has 0 aliphatic carbocycles. The van der Waals surface area contributed by atoms with Gasteiger partial charge >= 0.3 is 5.97 Å². The molecule has 1 heterocycles. The van der Waals surface area contributed by atoms with Crippen molar-refractivity contribution in [1.29, 1.82) is 0 Å². The molecule has 0 bridgehead atoms. The molecule has 0 aromatic heterocycles. The van der Waals surface area contributed by atoms with E-state index in [2.05, 4.69) is 15.9 Å². The standard InChI is InChI=1S/C15H23N3O3/c1-21-13-4-2-3-12(11-13)18-9-7-17(8-10-18)6-5-14(16)15(19)20/h2-4,11,14H,5-10,16H2,1H3,(H,19,20). The van der Waals surface area contributed by atoms with Crippen LogP contribution in [0.3, 0.4) is 0 Å². The molecule has 6 nitrogen and oxygen atoms in total. The third kappa shape index (κ3) is 4.34. The third-order valence-electron chi connectivity index (χ3n) is 3.86. The van der Waals surface area contributed by atoms with Crippen molar-refractivity contribution in [1.82, 2.24) is 4.90 Å². The summed E-state index contributed by atoms with van der Waals surface area (Å²) in [6.07, 6.45) is 0.495. The fraction of sp³-hybridized carbons (Fsp3) is 0.533. The van der Waals surface area contributed by atoms with Crippen LogP contribution in [0.1, 0.15) is 6.42 Å². The molecule has 1 fully saturated rings. The van der Waals surface area contributed by atoms with Crippen LogP contribution in [-0.2, 0) is 4.79 Å². The Morgan fingerprint density at radius 1 is 1.38 bits per heavy atom. The molecule has 21 heavy (non-hydrogen) atoms. The Balaban J connectivity index is 1.81. The van der Waals surface area contributed by atoms with Crippen LogP contribution in [-0.4, -0.2) is 61.9 Å². The number of benzene rings is 1. The molecule has 1 aromatic carbocycles. The summed E-state index contributed by atoms with van der Waals surface area (Å²) in [6.45, 7) is 4.43. The number of hydrogen-bond acceptors (Lipinski definition) is 5. The van der Waals surface area contributed by atoms with E-state index in [0.717, 1.165) is 44.2 Å². The molecule has 0 spiro atoms. The SMILES string of the molecule is COc1cccc(N2CCN(CCC(N)C(=O)O)CC2)c1. The van der Waals surface area contributed by atoms with Crippen molar-refractivity contribution in [3.05, 3.63) is 24.3 Å². The van der Waals surface area contributed by atoms with E-state index >= 15 is 0 Å². The summed E-state index contributed by atoms with van der Waals surface area (Å²) in [6, 6.07) is 7.29. The van der Waals surface area contributed by atoms with Crippen LogP contribution in [0, 0.1) is 0 Å². The topological polar surface area (TPSA) is 79.0 Å². The van der Waals surface area contributed by atoms with Crippen LogP contribution in [0.5, 0.6) is 5.75 Å². The Morgan fingerprint density at radius 2 is 2.10 bits per heavy atom. The molecule has 1 saturated heterocycles. The summed E-state index contributed by atoms with van der Waals surface area (Å²) in [5.41, 5.74) is 6.70. The predicted molar refractivity (Wildman–Crippen MR) is 81.9 cm³/mol. The van der Waals surface area contributed by atoms with E-state index in [4.69, 9.17) is 15.6 Å². The van der Waals surface area contributed by atoms with E-state index < -0.39 is 12.0 Å². The first kappa shape index (κ1) is 15.6. The minimum atomic E-state index is -0.926. The number of nitrogens with zero attached hydrogens (tertiary/aromatic N) is 2. The van der Waals surface area contributed by atoms with Gasteiger partial charge in [-0.15, -0.1) is 0 Å². The normalized spacial score (nSPS) is 17.5. The lowest BCUT2D eigenvalue weighted by atomic mass is 10.2. The number of piperazine rings is 1. The number of rotatable bonds is 6. The van der Waals surface area contributed by atoms with E-state index in [9.17, 15) is 4.79 Å². The molecule has 2 rings (SSSR count). The maximum atomic E-state index is 10.7. The van der Waals surface area contributed by atoms with Gasteiger partial charge in [0.05, 0.1) is 7.11 Å². The fourth-order valence-electron chi connectivity index (χ4n) is 2.48. The van der Waals surface area contributed by atoms with Crippen molar-refractivity contribution in [2.75, 3.05) is 44.7 Å². The highest BCUT2D eigenvalue weighted by atomic mass is 16.5. The molecule has 6 heteroatoms. The zero-order valence-electron chi connectivity index (χ0n) is 12.4. The summed E-state index contributed by atoms with van der Waals surface area (Å²) in [5.74, 6) is -0.0626. The number of carboxylic acid groups (broad SMARTS) is 1. The van der Waals surface area contributed by atoms with Gasteiger partial charge in [0.25, 0.3) is 0 Å². The van der Waals surface area contributed by atoms with Gasteiger partial charge in [0.2, 0.25) is 0 Å². The number of carbonyl (C=O) groups is 1. The van der Waals surface area contributed by atoms with Gasteiger partial charge in [-0.25, -0.2) is 0 Å². The van der Waals surface area contributed by atoms with Gasteiger partial charge in [0.1, 0.15) is 11.8 Å². The molecular weight excluding hydrogens is 270 g/mol. The summed E-state index contributed by atoms with van der Waals surface area (Å²) < 4.78 is 5.25. The zero-order valence-corrected chi connectivity index (χ0v) is 12.4. The third-order valence-corrected chi connectivity index (χ3v) is 3.86. The highest BCUT2D eigenvalue weighted by Crippen LogP contribution is 2.22. The Bertz CT molecular complexity index is 473. The second kappa shape index (κ2) is 7.28. The first-order valence-electron chi connectivity index (χ1n) is 7.20. The number of aliphatic carboxylic acids is 1. The quantitative estimate of drug-likeness (QED) is 0.800. The molecule has 116 valence electrons. The molecule has 0 amide bonds. The van der Waals surface area contributed by atoms with Crippen LogP contribution in [0.15, 0.2) is 24.3 Å². The van der Waals surface area contributed by atoms with Gasteiger partial charge in [-0.05, 0) is 18.6 Å². The van der Waals surface area contributed by atoms with E-state index in [0.29, 0.717) is 6.42 Å². The highest BCUT2D eigenvalue weighted by molar-refractivity contribution is 5.72. The summed E-state index contributed by atoms with van der Waals surface area (Å²) in [7, 11) is 1.67. The monoisotopic (exact) mass is 293 g/mol. The van der Waals surface area contributed by atoms with Crippen molar-refractivity contribution >= 4 is 11.7 Å². The summed E-state index contributed by atoms with van der Waals surface area (Å²) in [4.78, 5) is 15.3. The number of hydrogen-bond donors (Lipinski definition) is 2. The molecule has 1 aromatic rings. The lowest BCUT2D eigenvalue weighted by Gasteiger charge is -2.36. The Labute approximate surface area is 125 Å². The molecule has 1 unspecified atom stereocenters. The average Bonchev–Trinajstić information content (AvgIpc) is 2.53. The Hall–Kier alpha value is -1.79. The van der Waals surface area contributed by atoms with E-state index in [1.807, 2.05) is 18.2 Å². The first-order valence-corrected chi connectivity index (χ1v) is 7.20. The zero-order chi connectivity index (χ0) is 15.2. The Morgan fingerprint density at radius 3 is 2.71 bits per heavy atom. The van der Waals surface area contributed by atoms with Crippen molar-refractivity contribution in [2.45, 2.75) is 12.5 Å². The van der Waals surface area contributed by atoms with Gasteiger partial charge in [0, 0.05) is 44.5 Å². The Kier molecular flexibility index (Phi) is 5.41. The van der Waals surface area contributed by atoms with Crippen molar-refractivity contribution < 1.29 is 14.6 Å². The predicted octanol–water partition coefficient (Wildman–Crippen LogP) is 0.619. The molecule has 0 saturated carbocycles. The molecule has 0 radical (unpaired) electrons. The summed E-state index contributed by atoms with van der Waals surface area (Å²) in [5, 5.41) is 8.79. The first-order chi connectivity index (χ1) is 10.1. The second-order valence-electron chi connectivity index (χ2n) is 5.26. The van der Waals surface area contributed by atoms with Crippen molar-refractivity contribution in [2.24, 2.45) is 5.73 Å². The maximum Gasteiger partial charge on any atom is 0.320 e. The van der Waals surface area contributed by atoms with Crippen molar-refractivity contribution in [3.63, 3.8) is 0 Å². The lowest BCUT2D eigenvalue weighted by molar-refractivity contribution is -0.138. The van der Waals surface area contributed by atoms with E-state index in [1.165, 1.54) is 0 Å². The number of nitrogens with two attached hydrogens (primary N) is 1. The molecular formula is C15H23N3O3. The number of ether oxygens (including phenoxy) is 1. The molecule has 3 N–H and O–H groups in total. The average molecular weight is 293 g/mol. The van der Waals surface area contributed by atoms with Crippen LogP contribution in [0.25, 0.3) is 0 Å². The van der Waals surface area contributed by atoms with Crippen LogP contribution >= 0.6 is 0 Å². The van der Waals surface area contributed by atoms with Gasteiger partial charge in [0.15, 0.2) is 0 Å². The van der Waals surface area contributed by atoms with Gasteiger partial charge in [-0.3, -0.25) is 9.69 Å². The molecule has 1 aliphatic rings. The minimum Gasteiger partial charge on any atom is -0.497 e.